The predicted octanol–water partition coefficient (Wildman–Crippen LogP) is 1.94. The van der Waals surface area contributed by atoms with Gasteiger partial charge in [-0.05, 0) is 18.6 Å². The van der Waals surface area contributed by atoms with Crippen molar-refractivity contribution in [2.45, 2.75) is 25.3 Å². The molecule has 7 heteroatoms. The van der Waals surface area contributed by atoms with Crippen LogP contribution in [0.25, 0.3) is 0 Å². The molecule has 1 aromatic carbocycles. The van der Waals surface area contributed by atoms with E-state index in [0.717, 1.165) is 5.69 Å². The lowest BCUT2D eigenvalue weighted by molar-refractivity contribution is -0.121. The quantitative estimate of drug-likeness (QED) is 0.770. The van der Waals surface area contributed by atoms with Gasteiger partial charge in [-0.2, -0.15) is 0 Å². The van der Waals surface area contributed by atoms with Crippen LogP contribution in [-0.2, 0) is 9.59 Å². The molecule has 1 fully saturated rings. The molecule has 0 spiro atoms. The van der Waals surface area contributed by atoms with E-state index >= 15 is 0 Å². The Kier molecular flexibility index (Phi) is 6.10. The molecule has 6 nitrogen and oxygen atoms in total. The van der Waals surface area contributed by atoms with Crippen molar-refractivity contribution in [1.82, 2.24) is 5.32 Å². The van der Waals surface area contributed by atoms with Gasteiger partial charge in [0.15, 0.2) is 11.5 Å². The summed E-state index contributed by atoms with van der Waals surface area (Å²) in [6.45, 7) is 0.445. The number of hydrogen-bond acceptors (Lipinski definition) is 4. The Bertz CT molecular complexity index is 579. The van der Waals surface area contributed by atoms with Gasteiger partial charge in [0.1, 0.15) is 0 Å². The number of benzene rings is 1. The summed E-state index contributed by atoms with van der Waals surface area (Å²) in [5.74, 6) is 1.52. The van der Waals surface area contributed by atoms with Crippen LogP contribution in [0.5, 0.6) is 11.5 Å². The van der Waals surface area contributed by atoms with Crippen LogP contribution in [0.1, 0.15) is 19.3 Å². The Morgan fingerprint density at radius 1 is 1.35 bits per heavy atom. The molecule has 0 bridgehead atoms. The molecule has 2 rings (SSSR count). The largest absolute Gasteiger partial charge is 0.493 e. The van der Waals surface area contributed by atoms with E-state index in [1.54, 1.807) is 37.3 Å². The molecule has 1 aromatic rings. The highest BCUT2D eigenvalue weighted by molar-refractivity contribution is 6.17. The van der Waals surface area contributed by atoms with Gasteiger partial charge in [0, 0.05) is 37.0 Å². The zero-order valence-corrected chi connectivity index (χ0v) is 14.1. The van der Waals surface area contributed by atoms with Crippen LogP contribution < -0.4 is 19.7 Å². The van der Waals surface area contributed by atoms with Crippen molar-refractivity contribution in [3.8, 4) is 11.5 Å². The highest BCUT2D eigenvalue weighted by atomic mass is 35.5. The average Bonchev–Trinajstić information content (AvgIpc) is 2.92. The van der Waals surface area contributed by atoms with Crippen molar-refractivity contribution in [2.24, 2.45) is 0 Å². The van der Waals surface area contributed by atoms with E-state index in [4.69, 9.17) is 21.1 Å². The van der Waals surface area contributed by atoms with Crippen LogP contribution in [0.3, 0.4) is 0 Å². The van der Waals surface area contributed by atoms with Gasteiger partial charge in [0.2, 0.25) is 11.8 Å². The van der Waals surface area contributed by atoms with Crippen LogP contribution in [-0.4, -0.2) is 44.5 Å². The lowest BCUT2D eigenvalue weighted by Crippen LogP contribution is -2.37. The van der Waals surface area contributed by atoms with E-state index in [2.05, 4.69) is 5.32 Å². The number of carbonyl (C=O) groups is 2. The van der Waals surface area contributed by atoms with Gasteiger partial charge in [-0.25, -0.2) is 0 Å². The zero-order chi connectivity index (χ0) is 16.8. The molecule has 1 N–H and O–H groups in total. The number of alkyl halides is 1. The van der Waals surface area contributed by atoms with Crippen molar-refractivity contribution in [1.29, 1.82) is 0 Å². The number of methoxy groups -OCH3 is 2. The molecule has 1 saturated heterocycles. The van der Waals surface area contributed by atoms with Crippen LogP contribution in [0.4, 0.5) is 5.69 Å². The maximum Gasteiger partial charge on any atom is 0.229 e. The van der Waals surface area contributed by atoms with E-state index in [0.29, 0.717) is 43.2 Å². The Balaban J connectivity index is 2.04. The average molecular weight is 341 g/mol. The fraction of sp³-hybridized carbons (Fsp3) is 0.500. The van der Waals surface area contributed by atoms with Crippen LogP contribution in [0.15, 0.2) is 18.2 Å². The van der Waals surface area contributed by atoms with Crippen molar-refractivity contribution < 1.29 is 19.1 Å². The lowest BCUT2D eigenvalue weighted by atomic mass is 10.2. The van der Waals surface area contributed by atoms with Gasteiger partial charge < -0.3 is 19.7 Å². The number of carbonyl (C=O) groups excluding carboxylic acids is 2. The van der Waals surface area contributed by atoms with E-state index < -0.39 is 0 Å². The summed E-state index contributed by atoms with van der Waals surface area (Å²) >= 11 is 5.58. The second-order valence-corrected chi connectivity index (χ2v) is 5.68. The summed E-state index contributed by atoms with van der Waals surface area (Å²) < 4.78 is 10.5. The summed E-state index contributed by atoms with van der Waals surface area (Å²) in [6.07, 6.45) is 1.30. The monoisotopic (exact) mass is 340 g/mol. The molecule has 23 heavy (non-hydrogen) atoms. The number of halogens is 1. The number of amides is 2. The minimum absolute atomic E-state index is 0.0279. The smallest absolute Gasteiger partial charge is 0.229 e. The second kappa shape index (κ2) is 8.06. The maximum atomic E-state index is 12.2. The summed E-state index contributed by atoms with van der Waals surface area (Å²) in [7, 11) is 3.11. The molecule has 1 aliphatic heterocycles. The van der Waals surface area contributed by atoms with Gasteiger partial charge in [0.05, 0.1) is 20.3 Å². The molecule has 1 unspecified atom stereocenters. The third-order valence-corrected chi connectivity index (χ3v) is 3.97. The highest BCUT2D eigenvalue weighted by Crippen LogP contribution is 2.33. The third kappa shape index (κ3) is 4.28. The number of ether oxygens (including phenoxy) is 2. The molecule has 126 valence electrons. The molecular weight excluding hydrogens is 320 g/mol. The standard InChI is InChI=1S/C16H21ClN2O4/c1-22-13-6-5-12(9-14(13)23-2)19-10-11(8-16(19)21)18-15(20)4-3-7-17/h5-6,9,11H,3-4,7-8,10H2,1-2H3,(H,18,20). The van der Waals surface area contributed by atoms with Crippen molar-refractivity contribution in [2.75, 3.05) is 31.5 Å². The summed E-state index contributed by atoms with van der Waals surface area (Å²) in [6, 6.07) is 5.14. The first-order valence-corrected chi connectivity index (χ1v) is 8.00. The van der Waals surface area contributed by atoms with Crippen molar-refractivity contribution >= 4 is 29.1 Å². The molecule has 2 amide bonds. The van der Waals surface area contributed by atoms with Crippen LogP contribution in [0.2, 0.25) is 0 Å². The molecule has 0 aliphatic carbocycles. The number of nitrogens with zero attached hydrogens (tertiary/aromatic N) is 1. The first-order chi connectivity index (χ1) is 11.1. The summed E-state index contributed by atoms with van der Waals surface area (Å²) in [5.41, 5.74) is 0.727. The normalized spacial score (nSPS) is 17.3. The SMILES string of the molecule is COc1ccc(N2CC(NC(=O)CCCCl)CC2=O)cc1OC. The van der Waals surface area contributed by atoms with Gasteiger partial charge in [0.25, 0.3) is 0 Å². The molecule has 0 saturated carbocycles. The molecule has 1 aliphatic rings. The first-order valence-electron chi connectivity index (χ1n) is 7.46. The van der Waals surface area contributed by atoms with Crippen molar-refractivity contribution in [3.63, 3.8) is 0 Å². The number of rotatable bonds is 7. The minimum atomic E-state index is -0.182. The van der Waals surface area contributed by atoms with Gasteiger partial charge in [-0.15, -0.1) is 11.6 Å². The molecule has 0 aromatic heterocycles. The second-order valence-electron chi connectivity index (χ2n) is 5.30. The van der Waals surface area contributed by atoms with Gasteiger partial charge >= 0.3 is 0 Å². The topological polar surface area (TPSA) is 67.9 Å². The molecule has 0 radical (unpaired) electrons. The van der Waals surface area contributed by atoms with Crippen LogP contribution >= 0.6 is 11.6 Å². The van der Waals surface area contributed by atoms with E-state index in [1.165, 1.54) is 0 Å². The number of hydrogen-bond donors (Lipinski definition) is 1. The Morgan fingerprint density at radius 2 is 2.09 bits per heavy atom. The molecule has 1 heterocycles. The predicted molar refractivity (Wildman–Crippen MR) is 88.4 cm³/mol. The fourth-order valence-corrected chi connectivity index (χ4v) is 2.71. The first kappa shape index (κ1) is 17.4. The van der Waals surface area contributed by atoms with Gasteiger partial charge in [-0.1, -0.05) is 0 Å². The van der Waals surface area contributed by atoms with E-state index in [9.17, 15) is 9.59 Å². The zero-order valence-electron chi connectivity index (χ0n) is 13.3. The van der Waals surface area contributed by atoms with Crippen LogP contribution in [0, 0.1) is 0 Å². The highest BCUT2D eigenvalue weighted by Gasteiger charge is 2.31. The maximum absolute atomic E-state index is 12.2. The Morgan fingerprint density at radius 3 is 2.74 bits per heavy atom. The number of nitrogens with one attached hydrogen (secondary N) is 1. The van der Waals surface area contributed by atoms with Gasteiger partial charge in [-0.3, -0.25) is 9.59 Å². The lowest BCUT2D eigenvalue weighted by Gasteiger charge is -2.19. The molecule has 1 atom stereocenters. The Labute approximate surface area is 140 Å². The minimum Gasteiger partial charge on any atom is -0.493 e. The van der Waals surface area contributed by atoms with E-state index in [-0.39, 0.29) is 17.9 Å². The summed E-state index contributed by atoms with van der Waals surface area (Å²) in [5, 5.41) is 2.88. The molecular formula is C16H21ClN2O4. The Hall–Kier alpha value is -1.95. The van der Waals surface area contributed by atoms with Crippen molar-refractivity contribution in [3.05, 3.63) is 18.2 Å². The summed E-state index contributed by atoms with van der Waals surface area (Å²) in [4.78, 5) is 25.6. The third-order valence-electron chi connectivity index (χ3n) is 3.71. The number of anilines is 1. The fourth-order valence-electron chi connectivity index (χ4n) is 2.57. The van der Waals surface area contributed by atoms with E-state index in [1.807, 2.05) is 0 Å².